The first-order valence-corrected chi connectivity index (χ1v) is 8.09. The Kier molecular flexibility index (Phi) is 7.68. The zero-order valence-corrected chi connectivity index (χ0v) is 13.7. The molecular formula is C18H32N2. The molecule has 114 valence electrons. The quantitative estimate of drug-likeness (QED) is 0.599. The molecule has 0 aromatic carbocycles. The van der Waals surface area contributed by atoms with Crippen molar-refractivity contribution in [2.45, 2.75) is 58.9 Å². The van der Waals surface area contributed by atoms with Gasteiger partial charge in [-0.15, -0.1) is 6.58 Å². The van der Waals surface area contributed by atoms with Crippen LogP contribution >= 0.6 is 0 Å². The average molecular weight is 276 g/mol. The van der Waals surface area contributed by atoms with Crippen molar-refractivity contribution in [2.24, 2.45) is 0 Å². The van der Waals surface area contributed by atoms with E-state index in [1.54, 1.807) is 0 Å². The van der Waals surface area contributed by atoms with Crippen molar-refractivity contribution in [3.8, 4) is 0 Å². The number of hydrogen-bond acceptors (Lipinski definition) is 2. The molecule has 0 amide bonds. The second-order valence-electron chi connectivity index (χ2n) is 5.87. The third-order valence-electron chi connectivity index (χ3n) is 4.20. The van der Waals surface area contributed by atoms with E-state index in [4.69, 9.17) is 0 Å². The Morgan fingerprint density at radius 2 is 2.05 bits per heavy atom. The minimum absolute atomic E-state index is 0.688. The molecule has 20 heavy (non-hydrogen) atoms. The maximum absolute atomic E-state index is 4.28. The van der Waals surface area contributed by atoms with Crippen LogP contribution in [0.25, 0.3) is 0 Å². The van der Waals surface area contributed by atoms with Crippen molar-refractivity contribution >= 4 is 0 Å². The van der Waals surface area contributed by atoms with E-state index in [1.807, 2.05) is 6.08 Å². The summed E-state index contributed by atoms with van der Waals surface area (Å²) in [6.45, 7) is 18.0. The summed E-state index contributed by atoms with van der Waals surface area (Å²) in [6.07, 6.45) is 10.3. The Hall–Kier alpha value is -1.02. The van der Waals surface area contributed by atoms with E-state index in [1.165, 1.54) is 30.5 Å². The van der Waals surface area contributed by atoms with Crippen molar-refractivity contribution in [1.29, 1.82) is 0 Å². The number of allylic oxidation sites excluding steroid dienone is 2. The molecule has 0 N–H and O–H groups in total. The van der Waals surface area contributed by atoms with Crippen LogP contribution in [0.3, 0.4) is 0 Å². The van der Waals surface area contributed by atoms with Gasteiger partial charge in [-0.3, -0.25) is 4.90 Å². The summed E-state index contributed by atoms with van der Waals surface area (Å²) >= 11 is 0. The van der Waals surface area contributed by atoms with Gasteiger partial charge in [-0.1, -0.05) is 38.5 Å². The Bertz CT molecular complexity index is 343. The predicted octanol–water partition coefficient (Wildman–Crippen LogP) is 4.57. The van der Waals surface area contributed by atoms with E-state index in [9.17, 15) is 0 Å². The van der Waals surface area contributed by atoms with Crippen LogP contribution in [0.4, 0.5) is 0 Å². The van der Waals surface area contributed by atoms with Crippen molar-refractivity contribution in [2.75, 3.05) is 19.6 Å². The fraction of sp³-hybridized carbons (Fsp3) is 0.667. The lowest BCUT2D eigenvalue weighted by atomic mass is 10.0. The lowest BCUT2D eigenvalue weighted by molar-refractivity contribution is 0.140. The zero-order valence-electron chi connectivity index (χ0n) is 13.7. The summed E-state index contributed by atoms with van der Waals surface area (Å²) in [6, 6.07) is 0.688. The van der Waals surface area contributed by atoms with Crippen LogP contribution < -0.4 is 0 Å². The molecule has 0 bridgehead atoms. The fourth-order valence-electron chi connectivity index (χ4n) is 2.78. The Morgan fingerprint density at radius 1 is 1.30 bits per heavy atom. The molecule has 2 nitrogen and oxygen atoms in total. The van der Waals surface area contributed by atoms with Gasteiger partial charge in [0.15, 0.2) is 0 Å². The highest BCUT2D eigenvalue weighted by atomic mass is 15.3. The molecular weight excluding hydrogens is 244 g/mol. The molecule has 1 rings (SSSR count). The van der Waals surface area contributed by atoms with Crippen molar-refractivity contribution in [3.63, 3.8) is 0 Å². The monoisotopic (exact) mass is 276 g/mol. The molecule has 1 fully saturated rings. The molecule has 0 aromatic rings. The number of rotatable bonds is 8. The zero-order chi connectivity index (χ0) is 15.0. The second kappa shape index (κ2) is 9.02. The largest absolute Gasteiger partial charge is 0.350 e. The van der Waals surface area contributed by atoms with E-state index in [0.29, 0.717) is 6.04 Å². The maximum atomic E-state index is 4.28. The molecule has 1 aliphatic rings. The van der Waals surface area contributed by atoms with Gasteiger partial charge in [0.2, 0.25) is 0 Å². The van der Waals surface area contributed by atoms with Gasteiger partial charge in [0.25, 0.3) is 0 Å². The highest BCUT2D eigenvalue weighted by molar-refractivity contribution is 5.10. The fourth-order valence-corrected chi connectivity index (χ4v) is 2.78. The highest BCUT2D eigenvalue weighted by Crippen LogP contribution is 2.21. The molecule has 0 spiro atoms. The van der Waals surface area contributed by atoms with Gasteiger partial charge in [0, 0.05) is 37.6 Å². The first-order valence-electron chi connectivity index (χ1n) is 8.09. The molecule has 1 aliphatic heterocycles. The summed E-state index contributed by atoms with van der Waals surface area (Å²) in [4.78, 5) is 4.95. The summed E-state index contributed by atoms with van der Waals surface area (Å²) in [5.74, 6) is 0. The van der Waals surface area contributed by atoms with Crippen LogP contribution in [0.15, 0.2) is 36.7 Å². The number of nitrogens with zero attached hydrogens (tertiary/aromatic N) is 2. The third kappa shape index (κ3) is 5.16. The number of piperazine rings is 1. The maximum Gasteiger partial charge on any atom is 0.0384 e. The Balaban J connectivity index is 2.59. The standard InChI is InChI=1S/C18H32N2/c1-6-9-11-18(10-7-2)20-13-12-19(17(5)15-20)14-16(4)8-3/h6,14,18H,1,5,7-13,15H2,2-4H3/b16-14+. The van der Waals surface area contributed by atoms with Crippen LogP contribution in [-0.2, 0) is 0 Å². The van der Waals surface area contributed by atoms with Crippen molar-refractivity contribution in [3.05, 3.63) is 36.7 Å². The lowest BCUT2D eigenvalue weighted by Gasteiger charge is -2.40. The molecule has 0 aliphatic carbocycles. The van der Waals surface area contributed by atoms with Gasteiger partial charge in [0.05, 0.1) is 0 Å². The van der Waals surface area contributed by atoms with E-state index >= 15 is 0 Å². The molecule has 1 heterocycles. The summed E-state index contributed by atoms with van der Waals surface area (Å²) in [7, 11) is 0. The summed E-state index contributed by atoms with van der Waals surface area (Å²) in [5, 5.41) is 0. The molecule has 0 aromatic heterocycles. The lowest BCUT2D eigenvalue weighted by Crippen LogP contribution is -2.47. The van der Waals surface area contributed by atoms with Gasteiger partial charge in [-0.25, -0.2) is 0 Å². The molecule has 1 saturated heterocycles. The molecule has 1 atom stereocenters. The van der Waals surface area contributed by atoms with Crippen molar-refractivity contribution in [1.82, 2.24) is 9.80 Å². The van der Waals surface area contributed by atoms with Gasteiger partial charge >= 0.3 is 0 Å². The van der Waals surface area contributed by atoms with Crippen LogP contribution in [0, 0.1) is 0 Å². The SMILES string of the molecule is C=CCCC(CCC)N1CCN(/C=C(\C)CC)C(=C)C1. The topological polar surface area (TPSA) is 6.48 Å². The minimum Gasteiger partial charge on any atom is -0.350 e. The van der Waals surface area contributed by atoms with E-state index in [2.05, 4.69) is 49.9 Å². The normalized spacial score (nSPS) is 19.2. The van der Waals surface area contributed by atoms with E-state index in [0.717, 1.165) is 32.5 Å². The van der Waals surface area contributed by atoms with E-state index in [-0.39, 0.29) is 0 Å². The molecule has 2 heteroatoms. The highest BCUT2D eigenvalue weighted by Gasteiger charge is 2.23. The van der Waals surface area contributed by atoms with Crippen LogP contribution in [0.5, 0.6) is 0 Å². The minimum atomic E-state index is 0.688. The van der Waals surface area contributed by atoms with Gasteiger partial charge < -0.3 is 4.90 Å². The van der Waals surface area contributed by atoms with Gasteiger partial charge in [-0.05, 0) is 32.6 Å². The first kappa shape index (κ1) is 17.0. The van der Waals surface area contributed by atoms with Crippen LogP contribution in [0.1, 0.15) is 52.9 Å². The van der Waals surface area contributed by atoms with E-state index < -0.39 is 0 Å². The van der Waals surface area contributed by atoms with Crippen LogP contribution in [0.2, 0.25) is 0 Å². The third-order valence-corrected chi connectivity index (χ3v) is 4.20. The van der Waals surface area contributed by atoms with Gasteiger partial charge in [0.1, 0.15) is 0 Å². The van der Waals surface area contributed by atoms with Crippen LogP contribution in [-0.4, -0.2) is 35.5 Å². The molecule has 0 radical (unpaired) electrons. The average Bonchev–Trinajstić information content (AvgIpc) is 2.45. The first-order chi connectivity index (χ1) is 9.62. The summed E-state index contributed by atoms with van der Waals surface area (Å²) < 4.78 is 0. The smallest absolute Gasteiger partial charge is 0.0384 e. The predicted molar refractivity (Wildman–Crippen MR) is 89.6 cm³/mol. The number of hydrogen-bond donors (Lipinski definition) is 0. The van der Waals surface area contributed by atoms with Gasteiger partial charge in [-0.2, -0.15) is 0 Å². The molecule has 1 unspecified atom stereocenters. The molecule has 0 saturated carbocycles. The Morgan fingerprint density at radius 3 is 2.60 bits per heavy atom. The second-order valence-corrected chi connectivity index (χ2v) is 5.87. The summed E-state index contributed by atoms with van der Waals surface area (Å²) in [5.41, 5.74) is 2.67. The van der Waals surface area contributed by atoms with Crippen molar-refractivity contribution < 1.29 is 0 Å². The Labute approximate surface area is 125 Å².